The molecule has 190 valence electrons. The maximum absolute atomic E-state index is 9.75. The third kappa shape index (κ3) is 7.37. The lowest BCUT2D eigenvalue weighted by atomic mass is 10.0. The van der Waals surface area contributed by atoms with E-state index in [0.717, 1.165) is 52.1 Å². The molecule has 0 aliphatic rings. The van der Waals surface area contributed by atoms with Crippen molar-refractivity contribution in [3.8, 4) is 22.8 Å². The van der Waals surface area contributed by atoms with E-state index in [0.29, 0.717) is 0 Å². The first kappa shape index (κ1) is 26.9. The third-order valence-electron chi connectivity index (χ3n) is 5.44. The van der Waals surface area contributed by atoms with Crippen molar-refractivity contribution in [2.45, 2.75) is 20.3 Å². The summed E-state index contributed by atoms with van der Waals surface area (Å²) in [5, 5.41) is 2.20. The Bertz CT molecular complexity index is 1380. The van der Waals surface area contributed by atoms with Gasteiger partial charge in [-0.05, 0) is 48.7 Å². The average molecular weight is 501 g/mol. The van der Waals surface area contributed by atoms with E-state index < -0.39 is 7.25 Å². The number of rotatable bonds is 6. The summed E-state index contributed by atoms with van der Waals surface area (Å²) < 4.78 is 56.1. The molecule has 0 saturated heterocycles. The number of hydrogen-bond acceptors (Lipinski definition) is 3. The summed E-state index contributed by atoms with van der Waals surface area (Å²) in [4.78, 5) is 3.64. The molecule has 0 fully saturated rings. The zero-order chi connectivity index (χ0) is 26.3. The minimum Gasteiger partial charge on any atom is -0.493 e. The van der Waals surface area contributed by atoms with Gasteiger partial charge in [-0.1, -0.05) is 42.5 Å². The van der Waals surface area contributed by atoms with E-state index in [9.17, 15) is 17.3 Å². The summed E-state index contributed by atoms with van der Waals surface area (Å²) in [6, 6.07) is 22.7. The number of ether oxygens (including phenoxy) is 2. The Labute approximate surface area is 207 Å². The van der Waals surface area contributed by atoms with Crippen LogP contribution in [0, 0.1) is 13.8 Å². The van der Waals surface area contributed by atoms with Crippen LogP contribution in [0.5, 0.6) is 11.5 Å². The van der Waals surface area contributed by atoms with Crippen molar-refractivity contribution in [3.63, 3.8) is 0 Å². The quantitative estimate of drug-likeness (QED) is 0.290. The first-order chi connectivity index (χ1) is 17.1. The fourth-order valence-corrected chi connectivity index (χ4v) is 3.97. The van der Waals surface area contributed by atoms with E-state index in [1.807, 2.05) is 30.3 Å². The Kier molecular flexibility index (Phi) is 8.80. The van der Waals surface area contributed by atoms with E-state index in [1.165, 1.54) is 16.7 Å². The second kappa shape index (κ2) is 11.8. The molecule has 4 aromatic rings. The monoisotopic (exact) mass is 501 g/mol. The SMILES string of the molecule is COc1ccc(CC[NH+]=c2cc(-c3ccccc3)oc3cc(C)cc(C)c23)cc1OC.F[B-](F)(F)F. The second-order valence-electron chi connectivity index (χ2n) is 8.21. The van der Waals surface area contributed by atoms with Gasteiger partial charge < -0.3 is 31.2 Å². The van der Waals surface area contributed by atoms with Crippen LogP contribution in [-0.4, -0.2) is 28.0 Å². The molecule has 0 aliphatic heterocycles. The van der Waals surface area contributed by atoms with Gasteiger partial charge in [-0.15, -0.1) is 0 Å². The number of methoxy groups -OCH3 is 2. The summed E-state index contributed by atoms with van der Waals surface area (Å²) in [5.74, 6) is 2.35. The Morgan fingerprint density at radius 3 is 2.14 bits per heavy atom. The van der Waals surface area contributed by atoms with Gasteiger partial charge in [0.15, 0.2) is 11.5 Å². The van der Waals surface area contributed by atoms with Gasteiger partial charge >= 0.3 is 7.25 Å². The van der Waals surface area contributed by atoms with Crippen molar-refractivity contribution in [1.29, 1.82) is 0 Å². The highest BCUT2D eigenvalue weighted by Gasteiger charge is 2.20. The molecule has 36 heavy (non-hydrogen) atoms. The standard InChI is InChI=1S/C27H27NO3.BF4/c1-18-14-19(2)27-22(17-24(31-26(27)15-18)21-8-6-5-7-9-21)28-13-12-20-10-11-23(29-3)25(16-20)30-4;2-1(3,4)5/h5-11,14-17H,12-13H2,1-4H3;/q;-1/p+1. The molecule has 0 aliphatic carbocycles. The highest BCUT2D eigenvalue weighted by molar-refractivity contribution is 6.50. The molecule has 4 rings (SSSR count). The first-order valence-electron chi connectivity index (χ1n) is 11.3. The van der Waals surface area contributed by atoms with Crippen LogP contribution < -0.4 is 19.8 Å². The molecule has 0 saturated carbocycles. The largest absolute Gasteiger partial charge is 0.673 e. The van der Waals surface area contributed by atoms with E-state index in [2.05, 4.69) is 55.2 Å². The molecule has 0 radical (unpaired) electrons. The van der Waals surface area contributed by atoms with Gasteiger partial charge in [-0.3, -0.25) is 0 Å². The van der Waals surface area contributed by atoms with Crippen LogP contribution >= 0.6 is 0 Å². The highest BCUT2D eigenvalue weighted by atomic mass is 19.5. The average Bonchev–Trinajstić information content (AvgIpc) is 2.82. The van der Waals surface area contributed by atoms with E-state index in [-0.39, 0.29) is 0 Å². The van der Waals surface area contributed by atoms with Crippen LogP contribution in [0.1, 0.15) is 16.7 Å². The number of hydrogen-bond donors (Lipinski definition) is 1. The van der Waals surface area contributed by atoms with Gasteiger partial charge in [-0.2, -0.15) is 0 Å². The molecular weight excluding hydrogens is 473 g/mol. The van der Waals surface area contributed by atoms with Gasteiger partial charge in [0.1, 0.15) is 17.9 Å². The molecule has 0 amide bonds. The minimum absolute atomic E-state index is 0.744. The van der Waals surface area contributed by atoms with Gasteiger partial charge in [0.2, 0.25) is 5.36 Å². The molecule has 1 N–H and O–H groups in total. The van der Waals surface area contributed by atoms with Gasteiger partial charge in [0, 0.05) is 12.0 Å². The van der Waals surface area contributed by atoms with Crippen LogP contribution in [0.4, 0.5) is 17.3 Å². The fraction of sp³-hybridized carbons (Fsp3) is 0.222. The summed E-state index contributed by atoms with van der Waals surface area (Å²) in [6.07, 6.45) is 0.861. The predicted molar refractivity (Wildman–Crippen MR) is 134 cm³/mol. The van der Waals surface area contributed by atoms with Crippen molar-refractivity contribution in [1.82, 2.24) is 0 Å². The van der Waals surface area contributed by atoms with E-state index in [1.54, 1.807) is 14.2 Å². The minimum atomic E-state index is -6.00. The number of halogens is 4. The normalized spacial score (nSPS) is 11.7. The topological polar surface area (TPSA) is 45.6 Å². The molecule has 0 bridgehead atoms. The van der Waals surface area contributed by atoms with Crippen LogP contribution in [-0.2, 0) is 6.42 Å². The first-order valence-corrected chi connectivity index (χ1v) is 11.3. The molecule has 9 heteroatoms. The lowest BCUT2D eigenvalue weighted by Gasteiger charge is -2.08. The predicted octanol–water partition coefficient (Wildman–Crippen LogP) is 5.26. The summed E-state index contributed by atoms with van der Waals surface area (Å²) in [5.41, 5.74) is 5.53. The Balaban J connectivity index is 0.000000658. The van der Waals surface area contributed by atoms with E-state index in [4.69, 9.17) is 13.9 Å². The van der Waals surface area contributed by atoms with Crippen LogP contribution in [0.2, 0.25) is 0 Å². The molecule has 0 spiro atoms. The second-order valence-corrected chi connectivity index (χ2v) is 8.21. The zero-order valence-corrected chi connectivity index (χ0v) is 20.6. The van der Waals surface area contributed by atoms with Crippen LogP contribution in [0.3, 0.4) is 0 Å². The smallest absolute Gasteiger partial charge is 0.493 e. The summed E-state index contributed by atoms with van der Waals surface area (Å²) in [7, 11) is -2.69. The molecule has 0 atom stereocenters. The summed E-state index contributed by atoms with van der Waals surface area (Å²) in [6.45, 7) is 5.02. The van der Waals surface area contributed by atoms with Gasteiger partial charge in [0.05, 0.1) is 25.7 Å². The number of aryl methyl sites for hydroxylation is 2. The highest BCUT2D eigenvalue weighted by Crippen LogP contribution is 2.27. The Morgan fingerprint density at radius 1 is 0.833 bits per heavy atom. The number of benzene rings is 3. The maximum Gasteiger partial charge on any atom is 0.673 e. The van der Waals surface area contributed by atoms with Gasteiger partial charge in [-0.25, -0.2) is 4.99 Å². The van der Waals surface area contributed by atoms with Crippen LogP contribution in [0.25, 0.3) is 22.3 Å². The summed E-state index contributed by atoms with van der Waals surface area (Å²) >= 11 is 0. The number of nitrogens with one attached hydrogen (secondary N) is 1. The molecule has 0 unspecified atom stereocenters. The van der Waals surface area contributed by atoms with Gasteiger partial charge in [0.25, 0.3) is 0 Å². The molecule has 4 nitrogen and oxygen atoms in total. The zero-order valence-electron chi connectivity index (χ0n) is 20.6. The van der Waals surface area contributed by atoms with Crippen molar-refractivity contribution in [3.05, 3.63) is 88.8 Å². The lowest BCUT2D eigenvalue weighted by molar-refractivity contribution is -0.498. The van der Waals surface area contributed by atoms with Crippen molar-refractivity contribution < 1.29 is 36.1 Å². The van der Waals surface area contributed by atoms with E-state index >= 15 is 0 Å². The van der Waals surface area contributed by atoms with Crippen molar-refractivity contribution in [2.24, 2.45) is 0 Å². The van der Waals surface area contributed by atoms with Crippen LogP contribution in [0.15, 0.2) is 71.1 Å². The molecule has 3 aromatic carbocycles. The Morgan fingerprint density at radius 2 is 1.50 bits per heavy atom. The van der Waals surface area contributed by atoms with Crippen molar-refractivity contribution >= 4 is 18.2 Å². The lowest BCUT2D eigenvalue weighted by Crippen LogP contribution is -2.77. The molecule has 1 heterocycles. The fourth-order valence-electron chi connectivity index (χ4n) is 3.97. The van der Waals surface area contributed by atoms with Crippen molar-refractivity contribution in [2.75, 3.05) is 20.8 Å². The Hall–Kier alpha value is -3.75. The maximum atomic E-state index is 9.75. The molecule has 1 aromatic heterocycles. The third-order valence-corrected chi connectivity index (χ3v) is 5.44. The number of fused-ring (bicyclic) bond motifs is 1. The molecular formula is C27H28BF4NO3.